The Hall–Kier alpha value is -3.39. The van der Waals surface area contributed by atoms with Gasteiger partial charge in [0.1, 0.15) is 11.4 Å². The molecule has 2 aromatic carbocycles. The van der Waals surface area contributed by atoms with E-state index in [-0.39, 0.29) is 27.8 Å². The number of urea groups is 1. The number of hydrogen-bond donors (Lipinski definition) is 1. The van der Waals surface area contributed by atoms with Crippen molar-refractivity contribution in [2.45, 2.75) is 0 Å². The molecular weight excluding hydrogens is 391 g/mol. The number of nitrogens with one attached hydrogen (secondary N) is 1. The standard InChI is InChI=1S/C19H14ClFN2O5/c1-27-15-9-10(8-12(20)16(15)28-2)7-11-17(24)22-19(26)23(18(11)25)14-6-4-3-5-13(14)21/h3-9H,1-2H3,(H,22,24,26)/b11-7-. The van der Waals surface area contributed by atoms with Crippen molar-refractivity contribution in [3.8, 4) is 11.5 Å². The molecule has 0 spiro atoms. The predicted octanol–water partition coefficient (Wildman–Crippen LogP) is 3.16. The number of hydrogen-bond acceptors (Lipinski definition) is 5. The largest absolute Gasteiger partial charge is 0.493 e. The minimum Gasteiger partial charge on any atom is -0.493 e. The van der Waals surface area contributed by atoms with E-state index in [4.69, 9.17) is 21.1 Å². The second-order valence-corrected chi connectivity index (χ2v) is 6.05. The maximum Gasteiger partial charge on any atom is 0.336 e. The number of methoxy groups -OCH3 is 2. The lowest BCUT2D eigenvalue weighted by molar-refractivity contribution is -0.122. The summed E-state index contributed by atoms with van der Waals surface area (Å²) < 4.78 is 24.4. The Balaban J connectivity index is 2.07. The number of benzene rings is 2. The molecule has 1 aliphatic rings. The van der Waals surface area contributed by atoms with E-state index in [0.29, 0.717) is 10.5 Å². The third-order valence-electron chi connectivity index (χ3n) is 3.96. The Bertz CT molecular complexity index is 1020. The zero-order valence-electron chi connectivity index (χ0n) is 14.8. The van der Waals surface area contributed by atoms with Crippen LogP contribution in [0.5, 0.6) is 11.5 Å². The number of anilines is 1. The third-order valence-corrected chi connectivity index (χ3v) is 4.24. The van der Waals surface area contributed by atoms with Crippen LogP contribution in [-0.2, 0) is 9.59 Å². The van der Waals surface area contributed by atoms with Crippen LogP contribution in [0, 0.1) is 5.82 Å². The zero-order chi connectivity index (χ0) is 20.4. The molecule has 1 fully saturated rings. The van der Waals surface area contributed by atoms with E-state index >= 15 is 0 Å². The summed E-state index contributed by atoms with van der Waals surface area (Å²) in [6, 6.07) is 7.16. The molecular formula is C19H14ClFN2O5. The lowest BCUT2D eigenvalue weighted by atomic mass is 10.1. The van der Waals surface area contributed by atoms with Gasteiger partial charge in [0, 0.05) is 0 Å². The Labute approximate surface area is 164 Å². The fourth-order valence-corrected chi connectivity index (χ4v) is 2.99. The van der Waals surface area contributed by atoms with E-state index in [9.17, 15) is 18.8 Å². The number of carbonyl (C=O) groups excluding carboxylic acids is 3. The van der Waals surface area contributed by atoms with Gasteiger partial charge in [0.25, 0.3) is 11.8 Å². The lowest BCUT2D eigenvalue weighted by Gasteiger charge is -2.26. The second kappa shape index (κ2) is 7.69. The average molecular weight is 405 g/mol. The molecule has 28 heavy (non-hydrogen) atoms. The number of carbonyl (C=O) groups is 3. The molecule has 144 valence electrons. The molecule has 9 heteroatoms. The molecule has 1 N–H and O–H groups in total. The minimum atomic E-state index is -1.04. The van der Waals surface area contributed by atoms with Crippen molar-refractivity contribution in [1.29, 1.82) is 0 Å². The summed E-state index contributed by atoms with van der Waals surface area (Å²) in [7, 11) is 2.82. The predicted molar refractivity (Wildman–Crippen MR) is 100.0 cm³/mol. The molecule has 7 nitrogen and oxygen atoms in total. The molecule has 0 bridgehead atoms. The maximum absolute atomic E-state index is 14.1. The van der Waals surface area contributed by atoms with Crippen LogP contribution in [0.2, 0.25) is 5.02 Å². The first kappa shape index (κ1) is 19.4. The van der Waals surface area contributed by atoms with Crippen molar-refractivity contribution in [1.82, 2.24) is 5.32 Å². The van der Waals surface area contributed by atoms with Crippen LogP contribution in [0.25, 0.3) is 6.08 Å². The maximum atomic E-state index is 14.1. The highest BCUT2D eigenvalue weighted by molar-refractivity contribution is 6.39. The normalized spacial score (nSPS) is 15.6. The summed E-state index contributed by atoms with van der Waals surface area (Å²) in [6.45, 7) is 0. The number of para-hydroxylation sites is 1. The first-order valence-electron chi connectivity index (χ1n) is 7.95. The average Bonchev–Trinajstić information content (AvgIpc) is 2.66. The van der Waals surface area contributed by atoms with Gasteiger partial charge in [-0.25, -0.2) is 14.1 Å². The number of rotatable bonds is 4. The Morgan fingerprint density at radius 3 is 2.46 bits per heavy atom. The SMILES string of the molecule is COc1cc(/C=C2/C(=O)NC(=O)N(c3ccccc3F)C2=O)cc(Cl)c1OC. The van der Waals surface area contributed by atoms with Crippen LogP contribution in [0.4, 0.5) is 14.9 Å². The highest BCUT2D eigenvalue weighted by Crippen LogP contribution is 2.37. The number of halogens is 2. The van der Waals surface area contributed by atoms with E-state index in [1.165, 1.54) is 50.6 Å². The van der Waals surface area contributed by atoms with Crippen molar-refractivity contribution in [2.75, 3.05) is 19.1 Å². The van der Waals surface area contributed by atoms with Crippen LogP contribution in [0.15, 0.2) is 42.0 Å². The number of barbiturate groups is 1. The number of nitrogens with zero attached hydrogens (tertiary/aromatic N) is 1. The number of imide groups is 2. The summed E-state index contributed by atoms with van der Waals surface area (Å²) >= 11 is 6.14. The molecule has 0 aliphatic carbocycles. The van der Waals surface area contributed by atoms with Gasteiger partial charge < -0.3 is 9.47 Å². The zero-order valence-corrected chi connectivity index (χ0v) is 15.5. The Kier molecular flexibility index (Phi) is 5.32. The van der Waals surface area contributed by atoms with Gasteiger partial charge in [-0.15, -0.1) is 0 Å². The molecule has 4 amide bonds. The molecule has 0 radical (unpaired) electrons. The van der Waals surface area contributed by atoms with Crippen molar-refractivity contribution < 1.29 is 28.2 Å². The van der Waals surface area contributed by atoms with Gasteiger partial charge in [-0.05, 0) is 35.9 Å². The highest BCUT2D eigenvalue weighted by Gasteiger charge is 2.38. The fraction of sp³-hybridized carbons (Fsp3) is 0.105. The van der Waals surface area contributed by atoms with Crippen molar-refractivity contribution >= 4 is 41.2 Å². The fourth-order valence-electron chi connectivity index (χ4n) is 2.70. The van der Waals surface area contributed by atoms with Crippen molar-refractivity contribution in [2.24, 2.45) is 0 Å². The van der Waals surface area contributed by atoms with Gasteiger partial charge in [-0.1, -0.05) is 23.7 Å². The van der Waals surface area contributed by atoms with E-state index in [1.807, 2.05) is 5.32 Å². The molecule has 2 aromatic rings. The van der Waals surface area contributed by atoms with E-state index in [1.54, 1.807) is 0 Å². The third kappa shape index (κ3) is 3.41. The van der Waals surface area contributed by atoms with Crippen LogP contribution < -0.4 is 19.7 Å². The van der Waals surface area contributed by atoms with Crippen LogP contribution in [0.1, 0.15) is 5.56 Å². The molecule has 1 saturated heterocycles. The minimum absolute atomic E-state index is 0.194. The van der Waals surface area contributed by atoms with Gasteiger partial charge in [-0.3, -0.25) is 14.9 Å². The summed E-state index contributed by atoms with van der Waals surface area (Å²) in [4.78, 5) is 37.7. The van der Waals surface area contributed by atoms with Gasteiger partial charge in [0.2, 0.25) is 0 Å². The summed E-state index contributed by atoms with van der Waals surface area (Å²) in [5.74, 6) is -2.09. The molecule has 0 aromatic heterocycles. The van der Waals surface area contributed by atoms with Crippen LogP contribution >= 0.6 is 11.6 Å². The van der Waals surface area contributed by atoms with E-state index < -0.39 is 23.7 Å². The monoisotopic (exact) mass is 404 g/mol. The van der Waals surface area contributed by atoms with E-state index in [0.717, 1.165) is 6.07 Å². The van der Waals surface area contributed by atoms with Gasteiger partial charge in [0.05, 0.1) is 24.9 Å². The van der Waals surface area contributed by atoms with Gasteiger partial charge in [0.15, 0.2) is 11.5 Å². The topological polar surface area (TPSA) is 84.9 Å². The van der Waals surface area contributed by atoms with E-state index in [2.05, 4.69) is 0 Å². The molecule has 0 atom stereocenters. The summed E-state index contributed by atoms with van der Waals surface area (Å²) in [5, 5.41) is 2.22. The van der Waals surface area contributed by atoms with Gasteiger partial charge in [-0.2, -0.15) is 0 Å². The second-order valence-electron chi connectivity index (χ2n) is 5.65. The quantitative estimate of drug-likeness (QED) is 0.625. The molecule has 0 saturated carbocycles. The molecule has 1 heterocycles. The van der Waals surface area contributed by atoms with Crippen molar-refractivity contribution in [3.05, 3.63) is 58.4 Å². The lowest BCUT2D eigenvalue weighted by Crippen LogP contribution is -2.54. The Morgan fingerprint density at radius 2 is 1.82 bits per heavy atom. The smallest absolute Gasteiger partial charge is 0.336 e. The van der Waals surface area contributed by atoms with Gasteiger partial charge >= 0.3 is 6.03 Å². The number of amides is 4. The summed E-state index contributed by atoms with van der Waals surface area (Å²) in [6.07, 6.45) is 1.23. The molecule has 1 aliphatic heterocycles. The Morgan fingerprint density at radius 1 is 1.11 bits per heavy atom. The molecule has 0 unspecified atom stereocenters. The summed E-state index contributed by atoms with van der Waals surface area (Å²) in [5.41, 5.74) is -0.288. The first-order chi connectivity index (χ1) is 13.4. The van der Waals surface area contributed by atoms with Crippen molar-refractivity contribution in [3.63, 3.8) is 0 Å². The molecule has 3 rings (SSSR count). The van der Waals surface area contributed by atoms with Crippen LogP contribution in [0.3, 0.4) is 0 Å². The van der Waals surface area contributed by atoms with Crippen LogP contribution in [-0.4, -0.2) is 32.1 Å². The number of ether oxygens (including phenoxy) is 2. The first-order valence-corrected chi connectivity index (χ1v) is 8.32. The highest BCUT2D eigenvalue weighted by atomic mass is 35.5.